The van der Waals surface area contributed by atoms with Crippen LogP contribution in [0.2, 0.25) is 0 Å². The molecule has 0 saturated carbocycles. The summed E-state index contributed by atoms with van der Waals surface area (Å²) in [6.45, 7) is 0.901. The summed E-state index contributed by atoms with van der Waals surface area (Å²) in [6.07, 6.45) is 7.30. The van der Waals surface area contributed by atoms with Gasteiger partial charge in [0, 0.05) is 24.6 Å². The molecule has 2 aliphatic rings. The van der Waals surface area contributed by atoms with E-state index in [1.54, 1.807) is 0 Å². The maximum absolute atomic E-state index is 12.3. The lowest BCUT2D eigenvalue weighted by molar-refractivity contribution is -0.116. The molecular formula is C16H19NO. The zero-order chi connectivity index (χ0) is 12.4. The summed E-state index contributed by atoms with van der Waals surface area (Å²) in [6, 6.07) is 8.34. The van der Waals surface area contributed by atoms with E-state index in [0.717, 1.165) is 25.0 Å². The molecule has 0 saturated heterocycles. The van der Waals surface area contributed by atoms with Crippen LogP contribution in [-0.4, -0.2) is 12.3 Å². The Hall–Kier alpha value is -1.57. The SMILES string of the molecule is O=C(CC1CNc2ccccc21)C1=CCCCC1. The minimum absolute atomic E-state index is 0.358. The highest BCUT2D eigenvalue weighted by Crippen LogP contribution is 2.34. The van der Waals surface area contributed by atoms with Gasteiger partial charge in [0.1, 0.15) is 0 Å². The summed E-state index contributed by atoms with van der Waals surface area (Å²) in [4.78, 5) is 12.3. The molecule has 1 aromatic carbocycles. The lowest BCUT2D eigenvalue weighted by Crippen LogP contribution is -2.12. The standard InChI is InChI=1S/C16H19NO/c18-16(12-6-2-1-3-7-12)10-13-11-17-15-9-5-4-8-14(13)15/h4-6,8-9,13,17H,1-3,7,10-11H2. The number of rotatable bonds is 3. The van der Waals surface area contributed by atoms with Crippen molar-refractivity contribution < 1.29 is 4.79 Å². The van der Waals surface area contributed by atoms with Crippen molar-refractivity contribution in [2.75, 3.05) is 11.9 Å². The van der Waals surface area contributed by atoms with Crippen LogP contribution in [0.4, 0.5) is 5.69 Å². The van der Waals surface area contributed by atoms with Crippen LogP contribution in [0.5, 0.6) is 0 Å². The first-order valence-electron chi connectivity index (χ1n) is 6.89. The van der Waals surface area contributed by atoms with E-state index in [4.69, 9.17) is 0 Å². The highest BCUT2D eigenvalue weighted by molar-refractivity contribution is 5.96. The third-order valence-electron chi connectivity index (χ3n) is 4.02. The summed E-state index contributed by atoms with van der Waals surface area (Å²) in [7, 11) is 0. The number of carbonyl (C=O) groups is 1. The van der Waals surface area contributed by atoms with E-state index < -0.39 is 0 Å². The molecule has 3 rings (SSSR count). The smallest absolute Gasteiger partial charge is 0.159 e. The van der Waals surface area contributed by atoms with Gasteiger partial charge in [0.25, 0.3) is 0 Å². The van der Waals surface area contributed by atoms with Crippen LogP contribution in [0.3, 0.4) is 0 Å². The van der Waals surface area contributed by atoms with Gasteiger partial charge in [-0.2, -0.15) is 0 Å². The molecule has 0 radical (unpaired) electrons. The fraction of sp³-hybridized carbons (Fsp3) is 0.438. The monoisotopic (exact) mass is 241 g/mol. The Morgan fingerprint density at radius 3 is 3.00 bits per heavy atom. The highest BCUT2D eigenvalue weighted by Gasteiger charge is 2.25. The number of ketones is 1. The van der Waals surface area contributed by atoms with Gasteiger partial charge >= 0.3 is 0 Å². The third kappa shape index (κ3) is 2.20. The summed E-state index contributed by atoms with van der Waals surface area (Å²) in [5.41, 5.74) is 3.58. The second-order valence-electron chi connectivity index (χ2n) is 5.27. The topological polar surface area (TPSA) is 29.1 Å². The molecule has 1 N–H and O–H groups in total. The minimum Gasteiger partial charge on any atom is -0.384 e. The fourth-order valence-electron chi connectivity index (χ4n) is 2.99. The van der Waals surface area contributed by atoms with E-state index in [1.165, 1.54) is 24.1 Å². The Morgan fingerprint density at radius 2 is 2.17 bits per heavy atom. The van der Waals surface area contributed by atoms with Crippen LogP contribution in [0.15, 0.2) is 35.9 Å². The van der Waals surface area contributed by atoms with Crippen LogP contribution in [0, 0.1) is 0 Å². The van der Waals surface area contributed by atoms with Gasteiger partial charge in [-0.05, 0) is 42.9 Å². The predicted molar refractivity (Wildman–Crippen MR) is 73.8 cm³/mol. The van der Waals surface area contributed by atoms with Gasteiger partial charge in [-0.15, -0.1) is 0 Å². The van der Waals surface area contributed by atoms with E-state index in [0.29, 0.717) is 18.1 Å². The van der Waals surface area contributed by atoms with Crippen molar-refractivity contribution in [3.63, 3.8) is 0 Å². The Morgan fingerprint density at radius 1 is 1.28 bits per heavy atom. The largest absolute Gasteiger partial charge is 0.384 e. The molecule has 2 nitrogen and oxygen atoms in total. The maximum atomic E-state index is 12.3. The van der Waals surface area contributed by atoms with Crippen molar-refractivity contribution in [1.82, 2.24) is 0 Å². The molecular weight excluding hydrogens is 222 g/mol. The van der Waals surface area contributed by atoms with Gasteiger partial charge in [0.05, 0.1) is 0 Å². The van der Waals surface area contributed by atoms with Crippen molar-refractivity contribution in [3.8, 4) is 0 Å². The van der Waals surface area contributed by atoms with Gasteiger partial charge in [-0.25, -0.2) is 0 Å². The zero-order valence-corrected chi connectivity index (χ0v) is 10.6. The second kappa shape index (κ2) is 4.97. The highest BCUT2D eigenvalue weighted by atomic mass is 16.1. The van der Waals surface area contributed by atoms with E-state index >= 15 is 0 Å². The number of anilines is 1. The van der Waals surface area contributed by atoms with E-state index in [1.807, 2.05) is 6.07 Å². The Bertz CT molecular complexity index is 490. The average molecular weight is 241 g/mol. The first kappa shape index (κ1) is 11.5. The Balaban J connectivity index is 1.71. The Kier molecular flexibility index (Phi) is 3.18. The van der Waals surface area contributed by atoms with Crippen molar-refractivity contribution in [2.45, 2.75) is 38.0 Å². The average Bonchev–Trinajstić information content (AvgIpc) is 2.83. The second-order valence-corrected chi connectivity index (χ2v) is 5.27. The molecule has 18 heavy (non-hydrogen) atoms. The summed E-state index contributed by atoms with van der Waals surface area (Å²) in [5.74, 6) is 0.717. The van der Waals surface area contributed by atoms with Crippen molar-refractivity contribution in [3.05, 3.63) is 41.5 Å². The van der Waals surface area contributed by atoms with E-state index in [9.17, 15) is 4.79 Å². The quantitative estimate of drug-likeness (QED) is 0.875. The van der Waals surface area contributed by atoms with Crippen molar-refractivity contribution >= 4 is 11.5 Å². The molecule has 1 aromatic rings. The van der Waals surface area contributed by atoms with Crippen LogP contribution >= 0.6 is 0 Å². The number of allylic oxidation sites excluding steroid dienone is 2. The molecule has 0 aromatic heterocycles. The van der Waals surface area contributed by atoms with Gasteiger partial charge in [0.15, 0.2) is 5.78 Å². The summed E-state index contributed by atoms with van der Waals surface area (Å²) < 4.78 is 0. The van der Waals surface area contributed by atoms with Crippen LogP contribution < -0.4 is 5.32 Å². The fourth-order valence-corrected chi connectivity index (χ4v) is 2.99. The van der Waals surface area contributed by atoms with E-state index in [2.05, 4.69) is 29.6 Å². The lowest BCUT2D eigenvalue weighted by Gasteiger charge is -2.14. The number of hydrogen-bond donors (Lipinski definition) is 1. The normalized spacial score (nSPS) is 22.0. The molecule has 1 aliphatic heterocycles. The summed E-state index contributed by atoms with van der Waals surface area (Å²) >= 11 is 0. The lowest BCUT2D eigenvalue weighted by atomic mass is 9.89. The third-order valence-corrected chi connectivity index (χ3v) is 4.02. The molecule has 0 fully saturated rings. The number of Topliss-reactive ketones (excluding diaryl/α,β-unsaturated/α-hetero) is 1. The Labute approximate surface area is 108 Å². The molecule has 0 bridgehead atoms. The number of benzene rings is 1. The molecule has 1 aliphatic carbocycles. The molecule has 2 heteroatoms. The first-order valence-corrected chi connectivity index (χ1v) is 6.89. The van der Waals surface area contributed by atoms with E-state index in [-0.39, 0.29) is 0 Å². The number of para-hydroxylation sites is 1. The van der Waals surface area contributed by atoms with Gasteiger partial charge < -0.3 is 5.32 Å². The zero-order valence-electron chi connectivity index (χ0n) is 10.6. The molecule has 0 spiro atoms. The van der Waals surface area contributed by atoms with Gasteiger partial charge in [-0.1, -0.05) is 24.3 Å². The molecule has 1 heterocycles. The van der Waals surface area contributed by atoms with Crippen LogP contribution in [0.1, 0.15) is 43.6 Å². The molecule has 0 amide bonds. The predicted octanol–water partition coefficient (Wildman–Crippen LogP) is 3.66. The summed E-state index contributed by atoms with van der Waals surface area (Å²) in [5, 5.41) is 3.39. The molecule has 1 atom stereocenters. The number of carbonyl (C=O) groups excluding carboxylic acids is 1. The van der Waals surface area contributed by atoms with Crippen LogP contribution in [0.25, 0.3) is 0 Å². The van der Waals surface area contributed by atoms with Crippen molar-refractivity contribution in [1.29, 1.82) is 0 Å². The number of fused-ring (bicyclic) bond motifs is 1. The van der Waals surface area contributed by atoms with Gasteiger partial charge in [0.2, 0.25) is 0 Å². The minimum atomic E-state index is 0.358. The van der Waals surface area contributed by atoms with Crippen LogP contribution in [-0.2, 0) is 4.79 Å². The van der Waals surface area contributed by atoms with Crippen molar-refractivity contribution in [2.24, 2.45) is 0 Å². The maximum Gasteiger partial charge on any atom is 0.159 e. The number of hydrogen-bond acceptors (Lipinski definition) is 2. The first-order chi connectivity index (χ1) is 8.84. The van der Waals surface area contributed by atoms with Gasteiger partial charge in [-0.3, -0.25) is 4.79 Å². The molecule has 1 unspecified atom stereocenters. The molecule has 94 valence electrons. The number of nitrogens with one attached hydrogen (secondary N) is 1.